The molecular weight excluding hydrogens is 246 g/mol. The van der Waals surface area contributed by atoms with Crippen LogP contribution in [0.15, 0.2) is 0 Å². The number of halogens is 1. The molecule has 0 heterocycles. The monoisotopic (exact) mass is 267 g/mol. The molecule has 1 aliphatic rings. The summed E-state index contributed by atoms with van der Waals surface area (Å²) in [4.78, 5) is 0. The third-order valence-electron chi connectivity index (χ3n) is 3.22. The van der Waals surface area contributed by atoms with E-state index in [1.165, 1.54) is 30.0 Å². The lowest BCUT2D eigenvalue weighted by molar-refractivity contribution is 0.385. The molecule has 1 aliphatic carbocycles. The Morgan fingerprint density at radius 2 is 1.94 bits per heavy atom. The van der Waals surface area contributed by atoms with Gasteiger partial charge in [-0.1, -0.05) is 19.8 Å². The Balaban J connectivity index is 2.47. The summed E-state index contributed by atoms with van der Waals surface area (Å²) in [6.07, 6.45) is 4.84. The van der Waals surface area contributed by atoms with Crippen LogP contribution in [0.25, 0.3) is 0 Å². The second kappa shape index (κ2) is 6.22. The van der Waals surface area contributed by atoms with E-state index in [2.05, 4.69) is 0 Å². The minimum atomic E-state index is -3.11. The van der Waals surface area contributed by atoms with E-state index in [-0.39, 0.29) is 11.7 Å². The van der Waals surface area contributed by atoms with Gasteiger partial charge in [-0.2, -0.15) is 0 Å². The highest BCUT2D eigenvalue weighted by Gasteiger charge is 2.25. The topological polar surface area (TPSA) is 37.4 Å². The molecule has 0 aromatic carbocycles. The Bertz CT molecular complexity index is 299. The van der Waals surface area contributed by atoms with Crippen LogP contribution in [0.1, 0.15) is 32.6 Å². The Hall–Kier alpha value is 0.200. The van der Waals surface area contributed by atoms with Gasteiger partial charge in [-0.25, -0.2) is 12.7 Å². The van der Waals surface area contributed by atoms with Crippen molar-refractivity contribution in [3.8, 4) is 0 Å². The lowest BCUT2D eigenvalue weighted by Gasteiger charge is -2.22. The van der Waals surface area contributed by atoms with Crippen molar-refractivity contribution in [1.82, 2.24) is 4.31 Å². The Kier molecular flexibility index (Phi) is 5.54. The number of alkyl halides is 1. The van der Waals surface area contributed by atoms with Gasteiger partial charge in [0.15, 0.2) is 0 Å². The molecule has 0 radical (unpaired) electrons. The first-order valence-electron chi connectivity index (χ1n) is 5.95. The molecule has 0 aromatic heterocycles. The van der Waals surface area contributed by atoms with Crippen molar-refractivity contribution >= 4 is 21.6 Å². The fraction of sp³-hybridized carbons (Fsp3) is 1.00. The van der Waals surface area contributed by atoms with Crippen molar-refractivity contribution in [2.75, 3.05) is 25.2 Å². The van der Waals surface area contributed by atoms with E-state index in [0.717, 1.165) is 0 Å². The number of hydrogen-bond acceptors (Lipinski definition) is 2. The third-order valence-corrected chi connectivity index (χ3v) is 5.84. The molecule has 1 rings (SSSR count). The number of hydrogen-bond donors (Lipinski definition) is 0. The van der Waals surface area contributed by atoms with E-state index in [0.29, 0.717) is 18.3 Å². The molecule has 5 heteroatoms. The first-order chi connectivity index (χ1) is 7.45. The first kappa shape index (κ1) is 14.3. The van der Waals surface area contributed by atoms with Crippen molar-refractivity contribution < 1.29 is 8.42 Å². The molecule has 0 saturated heterocycles. The molecule has 0 aromatic rings. The highest BCUT2D eigenvalue weighted by atomic mass is 35.5. The van der Waals surface area contributed by atoms with Crippen LogP contribution >= 0.6 is 11.6 Å². The van der Waals surface area contributed by atoms with Gasteiger partial charge in [-0.05, 0) is 24.7 Å². The van der Waals surface area contributed by atoms with Gasteiger partial charge in [-0.15, -0.1) is 11.6 Å². The van der Waals surface area contributed by atoms with E-state index in [1.807, 2.05) is 6.92 Å². The molecule has 3 nitrogen and oxygen atoms in total. The predicted octanol–water partition coefficient (Wildman–Crippen LogP) is 2.31. The normalized spacial score (nSPS) is 20.5. The standard InChI is InChI=1S/C11H22ClNO2S/c1-10(7-12)9-16(14,15)13(2)8-11-5-3-4-6-11/h10-11H,3-9H2,1-2H3. The van der Waals surface area contributed by atoms with Crippen LogP contribution in [0.5, 0.6) is 0 Å². The second-order valence-corrected chi connectivity index (χ2v) is 7.40. The van der Waals surface area contributed by atoms with Gasteiger partial charge in [0.2, 0.25) is 10.0 Å². The quantitative estimate of drug-likeness (QED) is 0.693. The number of sulfonamides is 1. The van der Waals surface area contributed by atoms with Gasteiger partial charge in [0, 0.05) is 19.5 Å². The Morgan fingerprint density at radius 3 is 2.44 bits per heavy atom. The van der Waals surface area contributed by atoms with Crippen LogP contribution in [-0.4, -0.2) is 37.9 Å². The second-order valence-electron chi connectivity index (χ2n) is 4.97. The zero-order chi connectivity index (χ0) is 12.2. The van der Waals surface area contributed by atoms with Crippen LogP contribution in [0.3, 0.4) is 0 Å². The zero-order valence-corrected chi connectivity index (χ0v) is 11.7. The highest BCUT2D eigenvalue weighted by molar-refractivity contribution is 7.89. The average molecular weight is 268 g/mol. The van der Waals surface area contributed by atoms with Crippen molar-refractivity contribution in [2.45, 2.75) is 32.6 Å². The van der Waals surface area contributed by atoms with Crippen LogP contribution in [-0.2, 0) is 10.0 Å². The SMILES string of the molecule is CC(CCl)CS(=O)(=O)N(C)CC1CCCC1. The summed E-state index contributed by atoms with van der Waals surface area (Å²) >= 11 is 5.65. The molecule has 96 valence electrons. The Labute approximate surface area is 104 Å². The van der Waals surface area contributed by atoms with Gasteiger partial charge in [0.05, 0.1) is 5.75 Å². The van der Waals surface area contributed by atoms with E-state index in [1.54, 1.807) is 7.05 Å². The minimum absolute atomic E-state index is 0.0256. The maximum absolute atomic E-state index is 12.0. The lowest BCUT2D eigenvalue weighted by Crippen LogP contribution is -2.35. The average Bonchev–Trinajstić information content (AvgIpc) is 2.69. The van der Waals surface area contributed by atoms with Crippen molar-refractivity contribution in [3.63, 3.8) is 0 Å². The number of rotatable bonds is 6. The molecule has 1 atom stereocenters. The van der Waals surface area contributed by atoms with Crippen molar-refractivity contribution in [1.29, 1.82) is 0 Å². The van der Waals surface area contributed by atoms with E-state index >= 15 is 0 Å². The fourth-order valence-corrected chi connectivity index (χ4v) is 3.97. The van der Waals surface area contributed by atoms with E-state index in [9.17, 15) is 8.42 Å². The molecular formula is C11H22ClNO2S. The smallest absolute Gasteiger partial charge is 0.212 e. The molecule has 0 amide bonds. The first-order valence-corrected chi connectivity index (χ1v) is 8.10. The van der Waals surface area contributed by atoms with E-state index in [4.69, 9.17) is 11.6 Å². The lowest BCUT2D eigenvalue weighted by atomic mass is 10.1. The van der Waals surface area contributed by atoms with Crippen LogP contribution in [0.2, 0.25) is 0 Å². The summed E-state index contributed by atoms with van der Waals surface area (Å²) in [6, 6.07) is 0. The highest BCUT2D eigenvalue weighted by Crippen LogP contribution is 2.26. The van der Waals surface area contributed by atoms with Crippen LogP contribution in [0.4, 0.5) is 0 Å². The van der Waals surface area contributed by atoms with Crippen molar-refractivity contribution in [3.05, 3.63) is 0 Å². The van der Waals surface area contributed by atoms with Gasteiger partial charge in [-0.3, -0.25) is 0 Å². The third kappa shape index (κ3) is 4.22. The van der Waals surface area contributed by atoms with Gasteiger partial charge < -0.3 is 0 Å². The summed E-state index contributed by atoms with van der Waals surface area (Å²) in [5.74, 6) is 1.15. The largest absolute Gasteiger partial charge is 0.214 e. The fourth-order valence-electron chi connectivity index (χ4n) is 2.20. The van der Waals surface area contributed by atoms with E-state index < -0.39 is 10.0 Å². The summed E-state index contributed by atoms with van der Waals surface area (Å²) in [7, 11) is -1.42. The molecule has 1 unspecified atom stereocenters. The van der Waals surface area contributed by atoms with Gasteiger partial charge in [0.25, 0.3) is 0 Å². The maximum Gasteiger partial charge on any atom is 0.214 e. The van der Waals surface area contributed by atoms with Crippen LogP contribution in [0, 0.1) is 11.8 Å². The molecule has 0 aliphatic heterocycles. The van der Waals surface area contributed by atoms with Crippen LogP contribution < -0.4 is 0 Å². The summed E-state index contributed by atoms with van der Waals surface area (Å²) in [6.45, 7) is 2.55. The summed E-state index contributed by atoms with van der Waals surface area (Å²) in [5.41, 5.74) is 0. The molecule has 0 spiro atoms. The maximum atomic E-state index is 12.0. The number of nitrogens with zero attached hydrogens (tertiary/aromatic N) is 1. The zero-order valence-electron chi connectivity index (χ0n) is 10.2. The molecule has 0 N–H and O–H groups in total. The predicted molar refractivity (Wildman–Crippen MR) is 68.3 cm³/mol. The van der Waals surface area contributed by atoms with Gasteiger partial charge in [0.1, 0.15) is 0 Å². The summed E-state index contributed by atoms with van der Waals surface area (Å²) in [5, 5.41) is 0. The molecule has 1 saturated carbocycles. The van der Waals surface area contributed by atoms with Crippen molar-refractivity contribution in [2.24, 2.45) is 11.8 Å². The minimum Gasteiger partial charge on any atom is -0.212 e. The van der Waals surface area contributed by atoms with Gasteiger partial charge >= 0.3 is 0 Å². The molecule has 16 heavy (non-hydrogen) atoms. The molecule has 1 fully saturated rings. The molecule has 0 bridgehead atoms. The Morgan fingerprint density at radius 1 is 1.38 bits per heavy atom. The summed E-state index contributed by atoms with van der Waals surface area (Å²) < 4.78 is 25.4.